The highest BCUT2D eigenvalue weighted by Crippen LogP contribution is 2.19. The van der Waals surface area contributed by atoms with Gasteiger partial charge in [-0.05, 0) is 71.1 Å². The molecule has 1 amide bonds. The molecule has 3 aromatic rings. The van der Waals surface area contributed by atoms with Gasteiger partial charge in [0.25, 0.3) is 0 Å². The smallest absolute Gasteiger partial charge is 0.227 e. The molecule has 1 heterocycles. The van der Waals surface area contributed by atoms with Crippen molar-refractivity contribution in [2.75, 3.05) is 5.32 Å². The molecule has 0 aliphatic rings. The first-order chi connectivity index (χ1) is 11.6. The number of carbonyl (C=O) groups is 1. The number of aryl methyl sites for hydroxylation is 1. The van der Waals surface area contributed by atoms with Crippen molar-refractivity contribution in [1.29, 1.82) is 0 Å². The van der Waals surface area contributed by atoms with Gasteiger partial charge in [-0.3, -0.25) is 4.79 Å². The fourth-order valence-corrected chi connectivity index (χ4v) is 2.54. The summed E-state index contributed by atoms with van der Waals surface area (Å²) in [6.07, 6.45) is 0.658. The van der Waals surface area contributed by atoms with Crippen molar-refractivity contribution in [2.24, 2.45) is 0 Å². The Labute approximate surface area is 157 Å². The zero-order valence-corrected chi connectivity index (χ0v) is 15.4. The van der Waals surface area contributed by atoms with Crippen LogP contribution in [0.2, 0.25) is 5.02 Å². The summed E-state index contributed by atoms with van der Waals surface area (Å²) in [5.74, 6) is 0.819. The number of benzene rings is 2. The van der Waals surface area contributed by atoms with Gasteiger partial charge in [-0.2, -0.15) is 4.98 Å². The van der Waals surface area contributed by atoms with Gasteiger partial charge in [0.15, 0.2) is 0 Å². The van der Waals surface area contributed by atoms with Crippen LogP contribution in [0.25, 0.3) is 11.4 Å². The number of rotatable bonds is 5. The fraction of sp³-hybridized carbons (Fsp3) is 0.118. The van der Waals surface area contributed by atoms with E-state index in [-0.39, 0.29) is 12.3 Å². The third-order valence-electron chi connectivity index (χ3n) is 3.26. The molecule has 0 aliphatic heterocycles. The molecule has 122 valence electrons. The van der Waals surface area contributed by atoms with Crippen molar-refractivity contribution in [2.45, 2.75) is 12.8 Å². The first-order valence-corrected chi connectivity index (χ1v) is 8.70. The van der Waals surface area contributed by atoms with Crippen LogP contribution in [-0.2, 0) is 11.2 Å². The summed E-state index contributed by atoms with van der Waals surface area (Å²) in [6, 6.07) is 14.8. The monoisotopic (exact) mass is 453 g/mol. The van der Waals surface area contributed by atoms with Crippen molar-refractivity contribution in [1.82, 2.24) is 10.1 Å². The van der Waals surface area contributed by atoms with Crippen LogP contribution < -0.4 is 5.32 Å². The molecule has 0 spiro atoms. The lowest BCUT2D eigenvalue weighted by atomic mass is 10.2. The molecule has 0 aliphatic carbocycles. The van der Waals surface area contributed by atoms with E-state index in [1.54, 1.807) is 12.1 Å². The Morgan fingerprint density at radius 3 is 2.54 bits per heavy atom. The van der Waals surface area contributed by atoms with Gasteiger partial charge in [0.05, 0.1) is 0 Å². The number of anilines is 1. The van der Waals surface area contributed by atoms with Crippen LogP contribution in [0.5, 0.6) is 0 Å². The van der Waals surface area contributed by atoms with Crippen LogP contribution in [0.1, 0.15) is 12.3 Å². The molecule has 1 aromatic heterocycles. The van der Waals surface area contributed by atoms with Crippen LogP contribution in [0.4, 0.5) is 5.69 Å². The number of hydrogen-bond acceptors (Lipinski definition) is 4. The highest BCUT2D eigenvalue weighted by molar-refractivity contribution is 14.1. The average molecular weight is 454 g/mol. The van der Waals surface area contributed by atoms with Crippen LogP contribution in [-0.4, -0.2) is 16.0 Å². The maximum atomic E-state index is 12.0. The van der Waals surface area contributed by atoms with Crippen LogP contribution in [0.3, 0.4) is 0 Å². The Balaban J connectivity index is 1.56. The lowest BCUT2D eigenvalue weighted by Gasteiger charge is -2.03. The van der Waals surface area contributed by atoms with Gasteiger partial charge >= 0.3 is 0 Å². The largest absolute Gasteiger partial charge is 0.339 e. The lowest BCUT2D eigenvalue weighted by Crippen LogP contribution is -2.12. The Kier molecular flexibility index (Phi) is 5.47. The first kappa shape index (κ1) is 16.9. The van der Waals surface area contributed by atoms with Gasteiger partial charge in [0.2, 0.25) is 17.6 Å². The van der Waals surface area contributed by atoms with E-state index in [0.29, 0.717) is 23.2 Å². The second-order valence-electron chi connectivity index (χ2n) is 5.07. The zero-order valence-electron chi connectivity index (χ0n) is 12.5. The molecule has 0 radical (unpaired) electrons. The molecule has 7 heteroatoms. The number of amides is 1. The van der Waals surface area contributed by atoms with Gasteiger partial charge in [-0.1, -0.05) is 16.8 Å². The molecule has 0 unspecified atom stereocenters. The standard InChI is InChI=1S/C17H13ClIN3O2/c18-12-3-1-11(2-4-12)17-21-16(24-22-17)10-9-15(23)20-14-7-5-13(19)6-8-14/h1-8H,9-10H2,(H,20,23). The topological polar surface area (TPSA) is 68.0 Å². The predicted octanol–water partition coefficient (Wildman–Crippen LogP) is 4.57. The number of halogens is 2. The Bertz CT molecular complexity index is 832. The SMILES string of the molecule is O=C(CCc1nc(-c2ccc(Cl)cc2)no1)Nc1ccc(I)cc1. The van der Waals surface area contributed by atoms with Gasteiger partial charge < -0.3 is 9.84 Å². The van der Waals surface area contributed by atoms with E-state index in [2.05, 4.69) is 38.0 Å². The van der Waals surface area contributed by atoms with Crippen molar-refractivity contribution in [3.63, 3.8) is 0 Å². The summed E-state index contributed by atoms with van der Waals surface area (Å²) < 4.78 is 6.31. The van der Waals surface area contributed by atoms with Crippen LogP contribution in [0, 0.1) is 3.57 Å². The molecule has 0 saturated heterocycles. The van der Waals surface area contributed by atoms with E-state index in [1.807, 2.05) is 36.4 Å². The van der Waals surface area contributed by atoms with E-state index in [1.165, 1.54) is 0 Å². The second-order valence-corrected chi connectivity index (χ2v) is 6.76. The third-order valence-corrected chi connectivity index (χ3v) is 4.24. The third kappa shape index (κ3) is 4.55. The number of nitrogens with one attached hydrogen (secondary N) is 1. The molecule has 1 N–H and O–H groups in total. The molecule has 5 nitrogen and oxygen atoms in total. The fourth-order valence-electron chi connectivity index (χ4n) is 2.05. The maximum Gasteiger partial charge on any atom is 0.227 e. The van der Waals surface area contributed by atoms with E-state index in [0.717, 1.165) is 14.8 Å². The minimum Gasteiger partial charge on any atom is -0.339 e. The van der Waals surface area contributed by atoms with Crippen molar-refractivity contribution < 1.29 is 9.32 Å². The summed E-state index contributed by atoms with van der Waals surface area (Å²) >= 11 is 8.07. The van der Waals surface area contributed by atoms with Crippen LogP contribution in [0.15, 0.2) is 53.1 Å². The van der Waals surface area contributed by atoms with Crippen molar-refractivity contribution >= 4 is 45.8 Å². The molecular weight excluding hydrogens is 441 g/mol. The summed E-state index contributed by atoms with van der Waals surface area (Å²) in [6.45, 7) is 0. The van der Waals surface area contributed by atoms with E-state index >= 15 is 0 Å². The van der Waals surface area contributed by atoms with E-state index < -0.39 is 0 Å². The predicted molar refractivity (Wildman–Crippen MR) is 101 cm³/mol. The number of hydrogen-bond donors (Lipinski definition) is 1. The second kappa shape index (κ2) is 7.76. The minimum atomic E-state index is -0.0950. The lowest BCUT2D eigenvalue weighted by molar-refractivity contribution is -0.116. The molecular formula is C17H13ClIN3O2. The maximum absolute atomic E-state index is 12.0. The molecule has 2 aromatic carbocycles. The summed E-state index contributed by atoms with van der Waals surface area (Å²) in [5.41, 5.74) is 1.59. The first-order valence-electron chi connectivity index (χ1n) is 7.24. The van der Waals surface area contributed by atoms with Crippen molar-refractivity contribution in [3.8, 4) is 11.4 Å². The normalized spacial score (nSPS) is 10.6. The molecule has 0 bridgehead atoms. The van der Waals surface area contributed by atoms with Gasteiger partial charge in [-0.15, -0.1) is 0 Å². The van der Waals surface area contributed by atoms with Crippen molar-refractivity contribution in [3.05, 3.63) is 63.0 Å². The Morgan fingerprint density at radius 1 is 1.12 bits per heavy atom. The van der Waals surface area contributed by atoms with Gasteiger partial charge in [0, 0.05) is 32.7 Å². The molecule has 0 fully saturated rings. The number of aromatic nitrogens is 2. The molecule has 24 heavy (non-hydrogen) atoms. The molecule has 0 atom stereocenters. The quantitative estimate of drug-likeness (QED) is 0.575. The Hall–Kier alpha value is -1.93. The molecule has 0 saturated carbocycles. The minimum absolute atomic E-state index is 0.0950. The summed E-state index contributed by atoms with van der Waals surface area (Å²) in [7, 11) is 0. The number of nitrogens with zero attached hydrogens (tertiary/aromatic N) is 2. The summed E-state index contributed by atoms with van der Waals surface area (Å²) in [5, 5.41) is 7.41. The Morgan fingerprint density at radius 2 is 1.83 bits per heavy atom. The van der Waals surface area contributed by atoms with Gasteiger partial charge in [0.1, 0.15) is 0 Å². The van der Waals surface area contributed by atoms with E-state index in [9.17, 15) is 4.79 Å². The highest BCUT2D eigenvalue weighted by Gasteiger charge is 2.11. The highest BCUT2D eigenvalue weighted by atomic mass is 127. The van der Waals surface area contributed by atoms with Crippen LogP contribution >= 0.6 is 34.2 Å². The average Bonchev–Trinajstić information content (AvgIpc) is 3.05. The summed E-state index contributed by atoms with van der Waals surface area (Å²) in [4.78, 5) is 16.3. The molecule has 3 rings (SSSR count). The zero-order chi connectivity index (χ0) is 16.9. The van der Waals surface area contributed by atoms with E-state index in [4.69, 9.17) is 16.1 Å². The number of carbonyl (C=O) groups excluding carboxylic acids is 1. The van der Waals surface area contributed by atoms with Gasteiger partial charge in [-0.25, -0.2) is 0 Å².